The zero-order chi connectivity index (χ0) is 20.3. The number of likely N-dealkylation sites (N-methyl/N-ethyl adjacent to an activating group) is 1. The van der Waals surface area contributed by atoms with E-state index in [1.54, 1.807) is 20.8 Å². The fourth-order valence-corrected chi connectivity index (χ4v) is 2.63. The van der Waals surface area contributed by atoms with Crippen molar-refractivity contribution in [3.8, 4) is 0 Å². The first-order valence-electron chi connectivity index (χ1n) is 9.37. The Hall–Kier alpha value is -2.28. The molecule has 0 spiro atoms. The van der Waals surface area contributed by atoms with Crippen molar-refractivity contribution in [2.75, 3.05) is 13.2 Å². The average molecular weight is 380 g/mol. The van der Waals surface area contributed by atoms with E-state index in [1.807, 2.05) is 37.3 Å². The van der Waals surface area contributed by atoms with Gasteiger partial charge in [0.1, 0.15) is 5.60 Å². The van der Waals surface area contributed by atoms with Crippen LogP contribution >= 0.6 is 0 Å². The molecule has 3 N–H and O–H groups in total. The molecule has 7 heteroatoms. The van der Waals surface area contributed by atoms with Gasteiger partial charge in [-0.3, -0.25) is 4.90 Å². The van der Waals surface area contributed by atoms with Crippen molar-refractivity contribution in [2.45, 2.75) is 65.2 Å². The Morgan fingerprint density at radius 1 is 1.26 bits per heavy atom. The number of amidine groups is 1. The van der Waals surface area contributed by atoms with E-state index in [-0.39, 0.29) is 5.84 Å². The van der Waals surface area contributed by atoms with Crippen molar-refractivity contribution < 1.29 is 19.5 Å². The molecular formula is C20H33N3O4. The molecule has 1 aromatic carbocycles. The lowest BCUT2D eigenvalue weighted by Crippen LogP contribution is -2.49. The van der Waals surface area contributed by atoms with Crippen LogP contribution in [0.25, 0.3) is 0 Å². The Kier molecular flexibility index (Phi) is 9.64. The molecule has 0 heterocycles. The van der Waals surface area contributed by atoms with Gasteiger partial charge in [-0.1, -0.05) is 35.5 Å². The summed E-state index contributed by atoms with van der Waals surface area (Å²) < 4.78 is 11.1. The molecule has 27 heavy (non-hydrogen) atoms. The van der Waals surface area contributed by atoms with Crippen LogP contribution in [0.4, 0.5) is 4.79 Å². The van der Waals surface area contributed by atoms with Gasteiger partial charge in [0.05, 0.1) is 12.6 Å². The highest BCUT2D eigenvalue weighted by molar-refractivity contribution is 5.88. The van der Waals surface area contributed by atoms with Gasteiger partial charge in [0.25, 0.3) is 0 Å². The molecule has 7 nitrogen and oxygen atoms in total. The third kappa shape index (κ3) is 8.77. The van der Waals surface area contributed by atoms with Gasteiger partial charge in [0.15, 0.2) is 5.84 Å². The van der Waals surface area contributed by atoms with Crippen LogP contribution < -0.4 is 5.73 Å². The number of ether oxygens (including phenoxy) is 2. The van der Waals surface area contributed by atoms with Gasteiger partial charge < -0.3 is 20.4 Å². The molecule has 0 bridgehead atoms. The number of benzene rings is 1. The highest BCUT2D eigenvalue weighted by atomic mass is 16.6. The van der Waals surface area contributed by atoms with Crippen LogP contribution in [0.15, 0.2) is 35.5 Å². The smallest absolute Gasteiger partial charge is 0.410 e. The number of carbonyl (C=O) groups excluding carboxylic acids is 1. The molecule has 0 aliphatic heterocycles. The molecule has 0 saturated heterocycles. The Morgan fingerprint density at radius 2 is 1.93 bits per heavy atom. The summed E-state index contributed by atoms with van der Waals surface area (Å²) in [5, 5.41) is 12.2. The van der Waals surface area contributed by atoms with E-state index >= 15 is 0 Å². The summed E-state index contributed by atoms with van der Waals surface area (Å²) in [6.45, 7) is 8.84. The number of hydrogen-bond donors (Lipinski definition) is 2. The topological polar surface area (TPSA) is 97.4 Å². The molecule has 152 valence electrons. The van der Waals surface area contributed by atoms with Gasteiger partial charge in [0, 0.05) is 13.2 Å². The number of hydrogen-bond acceptors (Lipinski definition) is 5. The first kappa shape index (κ1) is 22.8. The van der Waals surface area contributed by atoms with Crippen molar-refractivity contribution in [2.24, 2.45) is 10.9 Å². The molecule has 0 aromatic heterocycles. The zero-order valence-electron chi connectivity index (χ0n) is 16.9. The molecule has 1 rings (SSSR count). The molecule has 1 aromatic rings. The van der Waals surface area contributed by atoms with Crippen LogP contribution in [0.2, 0.25) is 0 Å². The van der Waals surface area contributed by atoms with Crippen molar-refractivity contribution in [1.29, 1.82) is 0 Å². The Balaban J connectivity index is 2.50. The van der Waals surface area contributed by atoms with Gasteiger partial charge in [0.2, 0.25) is 0 Å². The second kappa shape index (κ2) is 11.4. The molecule has 0 aliphatic carbocycles. The first-order valence-corrected chi connectivity index (χ1v) is 9.37. The van der Waals surface area contributed by atoms with Gasteiger partial charge in [-0.2, -0.15) is 0 Å². The summed E-state index contributed by atoms with van der Waals surface area (Å²) in [4.78, 5) is 13.9. The fraction of sp³-hybridized carbons (Fsp3) is 0.600. The van der Waals surface area contributed by atoms with Crippen molar-refractivity contribution in [3.63, 3.8) is 0 Å². The third-order valence-electron chi connectivity index (χ3n) is 3.93. The molecule has 1 unspecified atom stereocenters. The maximum absolute atomic E-state index is 12.4. The summed E-state index contributed by atoms with van der Waals surface area (Å²) in [6.07, 6.45) is 1.68. The number of nitrogens with zero attached hydrogens (tertiary/aromatic N) is 2. The molecule has 1 atom stereocenters. The third-order valence-corrected chi connectivity index (χ3v) is 3.93. The summed E-state index contributed by atoms with van der Waals surface area (Å²) in [6, 6.07) is 9.47. The van der Waals surface area contributed by atoms with Gasteiger partial charge >= 0.3 is 6.09 Å². The van der Waals surface area contributed by atoms with Crippen LogP contribution in [0.1, 0.15) is 52.5 Å². The second-order valence-corrected chi connectivity index (χ2v) is 7.34. The summed E-state index contributed by atoms with van der Waals surface area (Å²) in [5.41, 5.74) is 6.36. The fourth-order valence-electron chi connectivity index (χ4n) is 2.63. The van der Waals surface area contributed by atoms with E-state index in [9.17, 15) is 4.79 Å². The highest BCUT2D eigenvalue weighted by Crippen LogP contribution is 2.16. The molecule has 1 amide bonds. The number of unbranched alkanes of at least 4 members (excludes halogenated alkanes) is 1. The average Bonchev–Trinajstić information content (AvgIpc) is 2.62. The van der Waals surface area contributed by atoms with Crippen LogP contribution in [0.3, 0.4) is 0 Å². The van der Waals surface area contributed by atoms with Crippen LogP contribution in [0.5, 0.6) is 0 Å². The zero-order valence-corrected chi connectivity index (χ0v) is 16.9. The van der Waals surface area contributed by atoms with E-state index in [0.717, 1.165) is 18.4 Å². The predicted octanol–water partition coefficient (Wildman–Crippen LogP) is 3.75. The van der Waals surface area contributed by atoms with E-state index in [0.29, 0.717) is 26.2 Å². The molecule has 0 aliphatic rings. The summed E-state index contributed by atoms with van der Waals surface area (Å²) in [7, 11) is 0. The summed E-state index contributed by atoms with van der Waals surface area (Å²) in [5.74, 6) is 0.00733. The van der Waals surface area contributed by atoms with Crippen LogP contribution in [-0.2, 0) is 16.1 Å². The van der Waals surface area contributed by atoms with E-state index in [4.69, 9.17) is 20.4 Å². The van der Waals surface area contributed by atoms with Gasteiger partial charge in [-0.25, -0.2) is 4.79 Å². The molecule has 0 saturated carbocycles. The summed E-state index contributed by atoms with van der Waals surface area (Å²) >= 11 is 0. The van der Waals surface area contributed by atoms with Gasteiger partial charge in [-0.05, 0) is 52.5 Å². The van der Waals surface area contributed by atoms with E-state index in [2.05, 4.69) is 5.16 Å². The Bertz CT molecular complexity index is 585. The lowest BCUT2D eigenvalue weighted by atomic mass is 10.1. The number of amides is 1. The SMILES string of the molecule is CCN(C(=O)OC(C)(C)C)C(CCCCOCc1ccccc1)C(N)=NO. The number of rotatable bonds is 10. The maximum atomic E-state index is 12.4. The Morgan fingerprint density at radius 3 is 2.48 bits per heavy atom. The van der Waals surface area contributed by atoms with Crippen molar-refractivity contribution >= 4 is 11.9 Å². The predicted molar refractivity (Wildman–Crippen MR) is 106 cm³/mol. The highest BCUT2D eigenvalue weighted by Gasteiger charge is 2.29. The molecular weight excluding hydrogens is 346 g/mol. The number of nitrogens with two attached hydrogens (primary N) is 1. The lowest BCUT2D eigenvalue weighted by molar-refractivity contribution is 0.0212. The normalized spacial score (nSPS) is 13.3. The quantitative estimate of drug-likeness (QED) is 0.212. The van der Waals surface area contributed by atoms with Crippen molar-refractivity contribution in [1.82, 2.24) is 4.90 Å². The molecule has 0 radical (unpaired) electrons. The number of oxime groups is 1. The van der Waals surface area contributed by atoms with E-state index in [1.165, 1.54) is 4.90 Å². The Labute approximate surface area is 162 Å². The molecule has 0 fully saturated rings. The van der Waals surface area contributed by atoms with Crippen molar-refractivity contribution in [3.05, 3.63) is 35.9 Å². The van der Waals surface area contributed by atoms with Crippen LogP contribution in [-0.4, -0.2) is 46.8 Å². The van der Waals surface area contributed by atoms with E-state index < -0.39 is 17.7 Å². The first-order chi connectivity index (χ1) is 12.8. The standard InChI is InChI=1S/C20H33N3O4/c1-5-23(19(24)27-20(2,3)4)17(18(21)22-25)13-9-10-14-26-15-16-11-7-6-8-12-16/h6-8,11-12,17,25H,5,9-10,13-15H2,1-4H3,(H2,21,22). The monoisotopic (exact) mass is 379 g/mol. The minimum atomic E-state index is -0.606. The van der Waals surface area contributed by atoms with Crippen LogP contribution in [0, 0.1) is 0 Å². The lowest BCUT2D eigenvalue weighted by Gasteiger charge is -2.32. The maximum Gasteiger partial charge on any atom is 0.410 e. The minimum absolute atomic E-state index is 0.00733. The largest absolute Gasteiger partial charge is 0.444 e. The number of carbonyl (C=O) groups is 1. The second-order valence-electron chi connectivity index (χ2n) is 7.34. The minimum Gasteiger partial charge on any atom is -0.444 e. The van der Waals surface area contributed by atoms with Gasteiger partial charge in [-0.15, -0.1) is 0 Å².